The Morgan fingerprint density at radius 3 is 2.88 bits per heavy atom. The normalized spacial score (nSPS) is 11.8. The van der Waals surface area contributed by atoms with Crippen molar-refractivity contribution in [1.29, 1.82) is 0 Å². The lowest BCUT2D eigenvalue weighted by atomic mass is 9.98. The number of benzene rings is 1. The van der Waals surface area contributed by atoms with Crippen LogP contribution < -0.4 is 11.3 Å². The summed E-state index contributed by atoms with van der Waals surface area (Å²) in [5.41, 5.74) is 5.32. The first-order valence-electron chi connectivity index (χ1n) is 5.31. The number of nitrogens with one attached hydrogen (secondary N) is 1. The maximum absolute atomic E-state index is 5.59. The van der Waals surface area contributed by atoms with Gasteiger partial charge in [0.2, 0.25) is 0 Å². The first kappa shape index (κ1) is 13.2. The van der Waals surface area contributed by atoms with Crippen molar-refractivity contribution >= 4 is 15.9 Å². The second-order valence-corrected chi connectivity index (χ2v) is 4.49. The molecule has 0 fully saturated rings. The Kier molecular flexibility index (Phi) is 5.54. The SMILES string of the molecule is CC#CCCC(NN)c1cccc(Br)c1C. The molecule has 0 radical (unpaired) electrons. The minimum Gasteiger partial charge on any atom is -0.271 e. The smallest absolute Gasteiger partial charge is 0.0472 e. The van der Waals surface area contributed by atoms with Crippen molar-refractivity contribution in [3.63, 3.8) is 0 Å². The lowest BCUT2D eigenvalue weighted by molar-refractivity contribution is 0.521. The van der Waals surface area contributed by atoms with E-state index >= 15 is 0 Å². The second kappa shape index (κ2) is 6.70. The third-order valence-corrected chi connectivity index (χ3v) is 3.48. The third-order valence-electron chi connectivity index (χ3n) is 2.62. The van der Waals surface area contributed by atoms with Crippen LogP contribution in [0.1, 0.15) is 36.9 Å². The highest BCUT2D eigenvalue weighted by Crippen LogP contribution is 2.26. The number of hydrogen-bond acceptors (Lipinski definition) is 2. The van der Waals surface area contributed by atoms with Crippen molar-refractivity contribution in [2.24, 2.45) is 5.84 Å². The van der Waals surface area contributed by atoms with Crippen LogP contribution in [0.3, 0.4) is 0 Å². The number of rotatable bonds is 4. The predicted octanol–water partition coefficient (Wildman–Crippen LogP) is 3.07. The van der Waals surface area contributed by atoms with Crippen molar-refractivity contribution in [2.75, 3.05) is 0 Å². The Morgan fingerprint density at radius 2 is 2.25 bits per heavy atom. The summed E-state index contributed by atoms with van der Waals surface area (Å²) in [6.45, 7) is 3.95. The van der Waals surface area contributed by atoms with Crippen LogP contribution in [0.5, 0.6) is 0 Å². The molecule has 0 saturated heterocycles. The average molecular weight is 281 g/mol. The van der Waals surface area contributed by atoms with Crippen LogP contribution in [0.15, 0.2) is 22.7 Å². The zero-order valence-electron chi connectivity index (χ0n) is 9.68. The van der Waals surface area contributed by atoms with Gasteiger partial charge in [-0.25, -0.2) is 0 Å². The molecule has 0 heterocycles. The molecule has 1 rings (SSSR count). The van der Waals surface area contributed by atoms with Gasteiger partial charge in [0.05, 0.1) is 0 Å². The summed E-state index contributed by atoms with van der Waals surface area (Å²) in [4.78, 5) is 0. The van der Waals surface area contributed by atoms with E-state index in [1.54, 1.807) is 0 Å². The summed E-state index contributed by atoms with van der Waals surface area (Å²) in [6, 6.07) is 6.34. The van der Waals surface area contributed by atoms with Crippen molar-refractivity contribution in [2.45, 2.75) is 32.7 Å². The van der Waals surface area contributed by atoms with E-state index in [1.807, 2.05) is 19.1 Å². The Balaban J connectivity index is 2.85. The van der Waals surface area contributed by atoms with E-state index in [2.05, 4.69) is 46.2 Å². The molecule has 0 saturated carbocycles. The lowest BCUT2D eigenvalue weighted by Crippen LogP contribution is -2.28. The molecule has 3 heteroatoms. The molecule has 0 aliphatic rings. The molecular formula is C13H17BrN2. The quantitative estimate of drug-likeness (QED) is 0.505. The maximum atomic E-state index is 5.59. The van der Waals surface area contributed by atoms with Gasteiger partial charge in [-0.3, -0.25) is 11.3 Å². The van der Waals surface area contributed by atoms with E-state index in [0.29, 0.717) is 0 Å². The highest BCUT2D eigenvalue weighted by atomic mass is 79.9. The van der Waals surface area contributed by atoms with Crippen LogP contribution in [-0.4, -0.2) is 0 Å². The Morgan fingerprint density at radius 1 is 1.50 bits per heavy atom. The molecule has 2 nitrogen and oxygen atoms in total. The molecule has 1 aromatic rings. The fourth-order valence-electron chi connectivity index (χ4n) is 1.67. The minimum absolute atomic E-state index is 0.165. The van der Waals surface area contributed by atoms with Crippen LogP contribution in [0.2, 0.25) is 0 Å². The van der Waals surface area contributed by atoms with Crippen LogP contribution in [-0.2, 0) is 0 Å². The summed E-state index contributed by atoms with van der Waals surface area (Å²) in [6.07, 6.45) is 1.78. The second-order valence-electron chi connectivity index (χ2n) is 3.64. The van der Waals surface area contributed by atoms with Crippen molar-refractivity contribution in [1.82, 2.24) is 5.43 Å². The highest BCUT2D eigenvalue weighted by molar-refractivity contribution is 9.10. The van der Waals surface area contributed by atoms with Crippen LogP contribution in [0.4, 0.5) is 0 Å². The summed E-state index contributed by atoms with van der Waals surface area (Å²) in [5.74, 6) is 11.5. The fourth-order valence-corrected chi connectivity index (χ4v) is 2.05. The van der Waals surface area contributed by atoms with Crippen molar-refractivity contribution in [3.05, 3.63) is 33.8 Å². The first-order chi connectivity index (χ1) is 7.70. The molecule has 0 amide bonds. The molecule has 0 aliphatic heterocycles. The predicted molar refractivity (Wildman–Crippen MR) is 71.6 cm³/mol. The Bertz CT molecular complexity index is 404. The van der Waals surface area contributed by atoms with Gasteiger partial charge in [0.25, 0.3) is 0 Å². The van der Waals surface area contributed by atoms with E-state index in [9.17, 15) is 0 Å². The van der Waals surface area contributed by atoms with Crippen LogP contribution in [0.25, 0.3) is 0 Å². The summed E-state index contributed by atoms with van der Waals surface area (Å²) in [5, 5.41) is 0. The van der Waals surface area contributed by atoms with Gasteiger partial charge in [-0.1, -0.05) is 28.1 Å². The summed E-state index contributed by atoms with van der Waals surface area (Å²) < 4.78 is 1.12. The van der Waals surface area contributed by atoms with Gasteiger partial charge >= 0.3 is 0 Å². The zero-order valence-corrected chi connectivity index (χ0v) is 11.3. The van der Waals surface area contributed by atoms with Gasteiger partial charge in [0.1, 0.15) is 0 Å². The number of hydrazine groups is 1. The molecule has 1 unspecified atom stereocenters. The molecule has 0 bridgehead atoms. The topological polar surface area (TPSA) is 38.0 Å². The van der Waals surface area contributed by atoms with E-state index in [0.717, 1.165) is 17.3 Å². The van der Waals surface area contributed by atoms with Crippen molar-refractivity contribution < 1.29 is 0 Å². The molecule has 0 aliphatic carbocycles. The zero-order chi connectivity index (χ0) is 12.0. The van der Waals surface area contributed by atoms with Gasteiger partial charge in [0.15, 0.2) is 0 Å². The van der Waals surface area contributed by atoms with Gasteiger partial charge < -0.3 is 0 Å². The average Bonchev–Trinajstić information content (AvgIpc) is 2.29. The van der Waals surface area contributed by atoms with E-state index in [1.165, 1.54) is 11.1 Å². The number of hydrogen-bond donors (Lipinski definition) is 2. The van der Waals surface area contributed by atoms with Gasteiger partial charge in [0, 0.05) is 16.9 Å². The van der Waals surface area contributed by atoms with Crippen molar-refractivity contribution in [3.8, 4) is 11.8 Å². The molecular weight excluding hydrogens is 264 g/mol. The van der Waals surface area contributed by atoms with Crippen LogP contribution in [0, 0.1) is 18.8 Å². The molecule has 1 aromatic carbocycles. The summed E-state index contributed by atoms with van der Waals surface area (Å²) in [7, 11) is 0. The summed E-state index contributed by atoms with van der Waals surface area (Å²) >= 11 is 3.53. The fraction of sp³-hybridized carbons (Fsp3) is 0.385. The van der Waals surface area contributed by atoms with Gasteiger partial charge in [-0.2, -0.15) is 0 Å². The minimum atomic E-state index is 0.165. The van der Waals surface area contributed by atoms with Gasteiger partial charge in [-0.05, 0) is 37.5 Å². The third kappa shape index (κ3) is 3.34. The number of halogens is 1. The Hall–Kier alpha value is -0.820. The molecule has 0 spiro atoms. The molecule has 86 valence electrons. The maximum Gasteiger partial charge on any atom is 0.0472 e. The lowest BCUT2D eigenvalue weighted by Gasteiger charge is -2.18. The molecule has 0 aromatic heterocycles. The molecule has 16 heavy (non-hydrogen) atoms. The Labute approximate surface area is 106 Å². The number of nitrogens with two attached hydrogens (primary N) is 1. The standard InChI is InChI=1S/C13H17BrN2/c1-3-4-5-9-13(16-15)11-7-6-8-12(14)10(11)2/h6-8,13,16H,5,9,15H2,1-2H3. The van der Waals surface area contributed by atoms with E-state index in [4.69, 9.17) is 5.84 Å². The molecule has 3 N–H and O–H groups in total. The van der Waals surface area contributed by atoms with E-state index in [-0.39, 0.29) is 6.04 Å². The highest BCUT2D eigenvalue weighted by Gasteiger charge is 2.12. The first-order valence-corrected chi connectivity index (χ1v) is 6.10. The van der Waals surface area contributed by atoms with E-state index < -0.39 is 0 Å². The largest absolute Gasteiger partial charge is 0.271 e. The van der Waals surface area contributed by atoms with Crippen LogP contribution >= 0.6 is 15.9 Å². The molecule has 1 atom stereocenters. The monoisotopic (exact) mass is 280 g/mol. The van der Waals surface area contributed by atoms with Gasteiger partial charge in [-0.15, -0.1) is 11.8 Å².